The molecule has 2 aromatic carbocycles. The van der Waals surface area contributed by atoms with Crippen LogP contribution in [0.15, 0.2) is 42.5 Å². The molecule has 0 saturated heterocycles. The van der Waals surface area contributed by atoms with Gasteiger partial charge in [0.05, 0.1) is 5.56 Å². The van der Waals surface area contributed by atoms with E-state index < -0.39 is 5.82 Å². The Hall–Kier alpha value is -1.94. The zero-order valence-corrected chi connectivity index (χ0v) is 12.8. The van der Waals surface area contributed by atoms with Crippen molar-refractivity contribution in [3.05, 3.63) is 59.4 Å². The van der Waals surface area contributed by atoms with Gasteiger partial charge in [-0.1, -0.05) is 43.8 Å². The number of hydrogen-bond donors (Lipinski definition) is 1. The molecule has 0 bridgehead atoms. The van der Waals surface area contributed by atoms with Gasteiger partial charge in [-0.25, -0.2) is 4.39 Å². The standard InChI is InChI=1S/C17H18FNOS/c1-2-3-5-12-8-10-13(11-9-12)20-15-7-4-6-14(18)16(15)17(19)21/h4,6-11H,2-3,5H2,1H3,(H2,19,21). The first kappa shape index (κ1) is 15.4. The quantitative estimate of drug-likeness (QED) is 0.792. The second-order valence-corrected chi connectivity index (χ2v) is 5.27. The van der Waals surface area contributed by atoms with Crippen LogP contribution in [0.1, 0.15) is 30.9 Å². The van der Waals surface area contributed by atoms with Crippen molar-refractivity contribution in [1.29, 1.82) is 0 Å². The molecule has 110 valence electrons. The topological polar surface area (TPSA) is 35.2 Å². The summed E-state index contributed by atoms with van der Waals surface area (Å²) in [5, 5.41) is 0. The molecule has 4 heteroatoms. The minimum atomic E-state index is -0.473. The lowest BCUT2D eigenvalue weighted by atomic mass is 10.1. The van der Waals surface area contributed by atoms with Gasteiger partial charge in [0.15, 0.2) is 0 Å². The highest BCUT2D eigenvalue weighted by atomic mass is 32.1. The monoisotopic (exact) mass is 303 g/mol. The summed E-state index contributed by atoms with van der Waals surface area (Å²) >= 11 is 4.88. The minimum Gasteiger partial charge on any atom is -0.457 e. The van der Waals surface area contributed by atoms with E-state index in [1.54, 1.807) is 12.1 Å². The van der Waals surface area contributed by atoms with Crippen LogP contribution in [0.2, 0.25) is 0 Å². The Kier molecular flexibility index (Phi) is 5.28. The minimum absolute atomic E-state index is 0.0114. The van der Waals surface area contributed by atoms with Crippen LogP contribution in [0.3, 0.4) is 0 Å². The van der Waals surface area contributed by atoms with Crippen molar-refractivity contribution in [1.82, 2.24) is 0 Å². The van der Waals surface area contributed by atoms with Crippen molar-refractivity contribution >= 4 is 17.2 Å². The molecular weight excluding hydrogens is 285 g/mol. The highest BCUT2D eigenvalue weighted by molar-refractivity contribution is 7.80. The highest BCUT2D eigenvalue weighted by Crippen LogP contribution is 2.27. The lowest BCUT2D eigenvalue weighted by Crippen LogP contribution is -2.13. The molecule has 2 aromatic rings. The Labute approximate surface area is 129 Å². The van der Waals surface area contributed by atoms with E-state index in [0.29, 0.717) is 11.5 Å². The fourth-order valence-electron chi connectivity index (χ4n) is 2.06. The van der Waals surface area contributed by atoms with Gasteiger partial charge < -0.3 is 10.5 Å². The Morgan fingerprint density at radius 3 is 2.52 bits per heavy atom. The Balaban J connectivity index is 2.19. The van der Waals surface area contributed by atoms with Crippen molar-refractivity contribution < 1.29 is 9.13 Å². The summed E-state index contributed by atoms with van der Waals surface area (Å²) in [6.45, 7) is 2.17. The summed E-state index contributed by atoms with van der Waals surface area (Å²) in [4.78, 5) is -0.0114. The second-order valence-electron chi connectivity index (χ2n) is 4.83. The van der Waals surface area contributed by atoms with Gasteiger partial charge in [-0.3, -0.25) is 0 Å². The maximum absolute atomic E-state index is 13.8. The number of thiocarbonyl (C=S) groups is 1. The fraction of sp³-hybridized carbons (Fsp3) is 0.235. The first-order valence-electron chi connectivity index (χ1n) is 6.97. The van der Waals surface area contributed by atoms with Crippen LogP contribution in [-0.4, -0.2) is 4.99 Å². The lowest BCUT2D eigenvalue weighted by Gasteiger charge is -2.11. The largest absolute Gasteiger partial charge is 0.457 e. The molecule has 0 radical (unpaired) electrons. The Morgan fingerprint density at radius 2 is 1.90 bits per heavy atom. The third kappa shape index (κ3) is 4.02. The van der Waals surface area contributed by atoms with E-state index >= 15 is 0 Å². The van der Waals surface area contributed by atoms with Crippen molar-refractivity contribution in [2.24, 2.45) is 5.73 Å². The van der Waals surface area contributed by atoms with Crippen LogP contribution >= 0.6 is 12.2 Å². The van der Waals surface area contributed by atoms with E-state index in [9.17, 15) is 4.39 Å². The summed E-state index contributed by atoms with van der Waals surface area (Å²) in [5.74, 6) is 0.502. The van der Waals surface area contributed by atoms with Gasteiger partial charge >= 0.3 is 0 Å². The molecule has 21 heavy (non-hydrogen) atoms. The predicted octanol–water partition coefficient (Wildman–Crippen LogP) is 4.59. The first-order valence-corrected chi connectivity index (χ1v) is 7.37. The van der Waals surface area contributed by atoms with Gasteiger partial charge in [0.2, 0.25) is 0 Å². The summed E-state index contributed by atoms with van der Waals surface area (Å²) in [6.07, 6.45) is 3.38. The number of aryl methyl sites for hydroxylation is 1. The van der Waals surface area contributed by atoms with Crippen molar-refractivity contribution in [2.45, 2.75) is 26.2 Å². The zero-order valence-electron chi connectivity index (χ0n) is 11.9. The van der Waals surface area contributed by atoms with Gasteiger partial charge in [-0.05, 0) is 42.7 Å². The average Bonchev–Trinajstić information content (AvgIpc) is 2.46. The molecule has 0 heterocycles. The van der Waals surface area contributed by atoms with Crippen LogP contribution in [-0.2, 0) is 6.42 Å². The molecule has 0 spiro atoms. The van der Waals surface area contributed by atoms with E-state index in [2.05, 4.69) is 6.92 Å². The van der Waals surface area contributed by atoms with Gasteiger partial charge in [-0.15, -0.1) is 0 Å². The Bertz CT molecular complexity index is 625. The number of halogens is 1. The molecule has 0 aliphatic heterocycles. The number of rotatable bonds is 6. The molecule has 0 unspecified atom stereocenters. The molecule has 2 N–H and O–H groups in total. The number of ether oxygens (including phenoxy) is 1. The van der Waals surface area contributed by atoms with Gasteiger partial charge in [-0.2, -0.15) is 0 Å². The maximum atomic E-state index is 13.8. The predicted molar refractivity (Wildman–Crippen MR) is 87.4 cm³/mol. The van der Waals surface area contributed by atoms with Crippen LogP contribution in [0.5, 0.6) is 11.5 Å². The van der Waals surface area contributed by atoms with E-state index in [4.69, 9.17) is 22.7 Å². The molecule has 2 nitrogen and oxygen atoms in total. The number of benzene rings is 2. The SMILES string of the molecule is CCCCc1ccc(Oc2cccc(F)c2C(N)=S)cc1. The summed E-state index contributed by atoms with van der Waals surface area (Å²) in [7, 11) is 0. The van der Waals surface area contributed by atoms with Crippen LogP contribution < -0.4 is 10.5 Å². The first-order chi connectivity index (χ1) is 10.1. The van der Waals surface area contributed by atoms with Crippen molar-refractivity contribution in [2.75, 3.05) is 0 Å². The smallest absolute Gasteiger partial charge is 0.140 e. The lowest BCUT2D eigenvalue weighted by molar-refractivity contribution is 0.475. The second kappa shape index (κ2) is 7.18. The molecule has 0 amide bonds. The molecule has 0 saturated carbocycles. The van der Waals surface area contributed by atoms with Crippen LogP contribution in [0, 0.1) is 5.82 Å². The normalized spacial score (nSPS) is 10.4. The van der Waals surface area contributed by atoms with Gasteiger partial charge in [0.1, 0.15) is 22.3 Å². The number of nitrogens with two attached hydrogens (primary N) is 1. The molecule has 0 atom stereocenters. The molecular formula is C17H18FNOS. The van der Waals surface area contributed by atoms with Crippen LogP contribution in [0.25, 0.3) is 0 Å². The van der Waals surface area contributed by atoms with Crippen LogP contribution in [0.4, 0.5) is 4.39 Å². The Morgan fingerprint density at radius 1 is 1.19 bits per heavy atom. The average molecular weight is 303 g/mol. The van der Waals surface area contributed by atoms with Crippen molar-refractivity contribution in [3.8, 4) is 11.5 Å². The highest BCUT2D eigenvalue weighted by Gasteiger charge is 2.12. The summed E-state index contributed by atoms with van der Waals surface area (Å²) < 4.78 is 19.5. The number of hydrogen-bond acceptors (Lipinski definition) is 2. The van der Waals surface area contributed by atoms with E-state index in [1.165, 1.54) is 18.1 Å². The molecule has 0 aromatic heterocycles. The molecule has 2 rings (SSSR count). The van der Waals surface area contributed by atoms with Gasteiger partial charge in [0.25, 0.3) is 0 Å². The van der Waals surface area contributed by atoms with E-state index in [-0.39, 0.29) is 10.6 Å². The molecule has 0 aliphatic rings. The third-order valence-electron chi connectivity index (χ3n) is 3.19. The third-order valence-corrected chi connectivity index (χ3v) is 3.40. The van der Waals surface area contributed by atoms with E-state index in [1.807, 2.05) is 24.3 Å². The van der Waals surface area contributed by atoms with Gasteiger partial charge in [0, 0.05) is 0 Å². The number of unbranched alkanes of at least 4 members (excludes halogenated alkanes) is 1. The molecule has 0 aliphatic carbocycles. The maximum Gasteiger partial charge on any atom is 0.140 e. The van der Waals surface area contributed by atoms with E-state index in [0.717, 1.165) is 12.8 Å². The van der Waals surface area contributed by atoms with Crippen molar-refractivity contribution in [3.63, 3.8) is 0 Å². The molecule has 0 fully saturated rings. The fourth-order valence-corrected chi connectivity index (χ4v) is 2.26. The summed E-state index contributed by atoms with van der Waals surface area (Å²) in [5.41, 5.74) is 6.96. The zero-order chi connectivity index (χ0) is 15.2. The summed E-state index contributed by atoms with van der Waals surface area (Å²) in [6, 6.07) is 12.3.